The molecule has 0 spiro atoms. The quantitative estimate of drug-likeness (QED) is 0.430. The van der Waals surface area contributed by atoms with Crippen molar-refractivity contribution in [1.82, 2.24) is 0 Å². The van der Waals surface area contributed by atoms with E-state index in [0.29, 0.717) is 32.3 Å². The van der Waals surface area contributed by atoms with Crippen molar-refractivity contribution in [3.63, 3.8) is 0 Å². The Morgan fingerprint density at radius 2 is 1.73 bits per heavy atom. The number of hydrogen-bond donors (Lipinski definition) is 0. The summed E-state index contributed by atoms with van der Waals surface area (Å²) in [5.41, 5.74) is 0. The first-order valence-electron chi connectivity index (χ1n) is 5.55. The SMILES string of the molecule is CCCC(CBr)COCCOCCOC. The Bertz CT molecular complexity index is 122. The third kappa shape index (κ3) is 10.6. The number of alkyl halides is 1. The molecule has 4 heteroatoms. The highest BCUT2D eigenvalue weighted by Crippen LogP contribution is 2.09. The van der Waals surface area contributed by atoms with Gasteiger partial charge in [0.25, 0.3) is 0 Å². The van der Waals surface area contributed by atoms with Gasteiger partial charge in [-0.3, -0.25) is 0 Å². The van der Waals surface area contributed by atoms with Crippen LogP contribution >= 0.6 is 15.9 Å². The van der Waals surface area contributed by atoms with Crippen LogP contribution in [0.5, 0.6) is 0 Å². The van der Waals surface area contributed by atoms with Gasteiger partial charge in [0.2, 0.25) is 0 Å². The van der Waals surface area contributed by atoms with Crippen LogP contribution in [0.4, 0.5) is 0 Å². The van der Waals surface area contributed by atoms with E-state index in [-0.39, 0.29) is 0 Å². The zero-order valence-corrected chi connectivity index (χ0v) is 11.4. The van der Waals surface area contributed by atoms with Crippen LogP contribution in [0, 0.1) is 5.92 Å². The average Bonchev–Trinajstić information content (AvgIpc) is 2.26. The molecule has 0 amide bonds. The summed E-state index contributed by atoms with van der Waals surface area (Å²) in [5, 5.41) is 1.02. The number of ether oxygens (including phenoxy) is 3. The van der Waals surface area contributed by atoms with E-state index in [1.165, 1.54) is 12.8 Å². The summed E-state index contributed by atoms with van der Waals surface area (Å²) in [5.74, 6) is 0.633. The Labute approximate surface area is 102 Å². The lowest BCUT2D eigenvalue weighted by Crippen LogP contribution is -2.14. The Hall–Kier alpha value is 0.360. The molecule has 0 rings (SSSR count). The molecule has 1 atom stereocenters. The normalized spacial score (nSPS) is 13.0. The first kappa shape index (κ1) is 15.4. The predicted octanol–water partition coefficient (Wildman–Crippen LogP) is 2.48. The zero-order chi connectivity index (χ0) is 11.4. The molecule has 0 saturated heterocycles. The summed E-state index contributed by atoms with van der Waals surface area (Å²) in [7, 11) is 1.67. The molecule has 0 aliphatic heterocycles. The molecule has 3 nitrogen and oxygen atoms in total. The maximum absolute atomic E-state index is 5.52. The summed E-state index contributed by atoms with van der Waals surface area (Å²) in [6.07, 6.45) is 2.43. The molecule has 0 saturated carbocycles. The lowest BCUT2D eigenvalue weighted by Gasteiger charge is -2.13. The van der Waals surface area contributed by atoms with Crippen LogP contribution in [0.1, 0.15) is 19.8 Å². The van der Waals surface area contributed by atoms with Gasteiger partial charge >= 0.3 is 0 Å². The van der Waals surface area contributed by atoms with Gasteiger partial charge in [0, 0.05) is 12.4 Å². The summed E-state index contributed by atoms with van der Waals surface area (Å²) in [6.45, 7) is 5.66. The lowest BCUT2D eigenvalue weighted by molar-refractivity contribution is 0.0168. The van der Waals surface area contributed by atoms with Crippen molar-refractivity contribution in [2.24, 2.45) is 5.92 Å². The van der Waals surface area contributed by atoms with Gasteiger partial charge in [0.1, 0.15) is 0 Å². The van der Waals surface area contributed by atoms with E-state index in [9.17, 15) is 0 Å². The number of halogens is 1. The highest BCUT2D eigenvalue weighted by Gasteiger charge is 2.05. The molecule has 0 radical (unpaired) electrons. The van der Waals surface area contributed by atoms with E-state index < -0.39 is 0 Å². The van der Waals surface area contributed by atoms with Gasteiger partial charge in [-0.2, -0.15) is 0 Å². The topological polar surface area (TPSA) is 27.7 Å². The summed E-state index contributed by atoms with van der Waals surface area (Å²) < 4.78 is 15.7. The first-order chi connectivity index (χ1) is 7.35. The molecule has 0 heterocycles. The Kier molecular flexibility index (Phi) is 12.7. The summed E-state index contributed by atoms with van der Waals surface area (Å²) >= 11 is 3.49. The van der Waals surface area contributed by atoms with Crippen LogP contribution in [0.3, 0.4) is 0 Å². The van der Waals surface area contributed by atoms with Crippen molar-refractivity contribution < 1.29 is 14.2 Å². The first-order valence-corrected chi connectivity index (χ1v) is 6.67. The third-order valence-electron chi connectivity index (χ3n) is 2.07. The molecule has 0 aliphatic carbocycles. The molecule has 0 aromatic carbocycles. The van der Waals surface area contributed by atoms with Crippen molar-refractivity contribution in [2.75, 3.05) is 45.5 Å². The fraction of sp³-hybridized carbons (Fsp3) is 1.00. The molecule has 0 aliphatic rings. The summed E-state index contributed by atoms with van der Waals surface area (Å²) in [6, 6.07) is 0. The van der Waals surface area contributed by atoms with Crippen LogP contribution in [0.15, 0.2) is 0 Å². The van der Waals surface area contributed by atoms with Gasteiger partial charge < -0.3 is 14.2 Å². The molecule has 15 heavy (non-hydrogen) atoms. The third-order valence-corrected chi connectivity index (χ3v) is 2.99. The molecule has 0 aromatic rings. The van der Waals surface area contributed by atoms with Crippen LogP contribution < -0.4 is 0 Å². The monoisotopic (exact) mass is 282 g/mol. The second-order valence-electron chi connectivity index (χ2n) is 3.49. The molecular formula is C11H23BrO3. The highest BCUT2D eigenvalue weighted by molar-refractivity contribution is 9.09. The van der Waals surface area contributed by atoms with E-state index in [1.807, 2.05) is 0 Å². The molecule has 1 unspecified atom stereocenters. The minimum absolute atomic E-state index is 0.633. The fourth-order valence-corrected chi connectivity index (χ4v) is 1.74. The van der Waals surface area contributed by atoms with E-state index in [1.54, 1.807) is 7.11 Å². The van der Waals surface area contributed by atoms with E-state index in [0.717, 1.165) is 11.9 Å². The Balaban J connectivity index is 3.14. The molecule has 92 valence electrons. The average molecular weight is 283 g/mol. The van der Waals surface area contributed by atoms with Crippen molar-refractivity contribution in [3.05, 3.63) is 0 Å². The van der Waals surface area contributed by atoms with Crippen molar-refractivity contribution in [3.8, 4) is 0 Å². The largest absolute Gasteiger partial charge is 0.382 e. The maximum atomic E-state index is 5.52. The van der Waals surface area contributed by atoms with Gasteiger partial charge in [-0.15, -0.1) is 0 Å². The Morgan fingerprint density at radius 3 is 2.33 bits per heavy atom. The van der Waals surface area contributed by atoms with Gasteiger partial charge in [-0.1, -0.05) is 29.3 Å². The molecule has 0 aromatic heterocycles. The van der Waals surface area contributed by atoms with Crippen LogP contribution in [-0.4, -0.2) is 45.5 Å². The van der Waals surface area contributed by atoms with Crippen molar-refractivity contribution >= 4 is 15.9 Å². The number of methoxy groups -OCH3 is 1. The van der Waals surface area contributed by atoms with Crippen LogP contribution in [0.2, 0.25) is 0 Å². The maximum Gasteiger partial charge on any atom is 0.0701 e. The number of rotatable bonds is 11. The minimum Gasteiger partial charge on any atom is -0.382 e. The summed E-state index contributed by atoms with van der Waals surface area (Å²) in [4.78, 5) is 0. The van der Waals surface area contributed by atoms with Crippen LogP contribution in [0.25, 0.3) is 0 Å². The molecule has 0 N–H and O–H groups in total. The van der Waals surface area contributed by atoms with Gasteiger partial charge in [-0.05, 0) is 12.3 Å². The smallest absolute Gasteiger partial charge is 0.0701 e. The predicted molar refractivity (Wildman–Crippen MR) is 65.7 cm³/mol. The van der Waals surface area contributed by atoms with Gasteiger partial charge in [0.05, 0.1) is 33.0 Å². The van der Waals surface area contributed by atoms with E-state index in [2.05, 4.69) is 22.9 Å². The Morgan fingerprint density at radius 1 is 1.07 bits per heavy atom. The zero-order valence-electron chi connectivity index (χ0n) is 9.84. The molecular weight excluding hydrogens is 260 g/mol. The number of hydrogen-bond acceptors (Lipinski definition) is 3. The fourth-order valence-electron chi connectivity index (χ4n) is 1.23. The second kappa shape index (κ2) is 12.4. The molecule has 0 fully saturated rings. The highest BCUT2D eigenvalue weighted by atomic mass is 79.9. The lowest BCUT2D eigenvalue weighted by atomic mass is 10.1. The second-order valence-corrected chi connectivity index (χ2v) is 4.14. The van der Waals surface area contributed by atoms with Crippen molar-refractivity contribution in [2.45, 2.75) is 19.8 Å². The minimum atomic E-state index is 0.633. The van der Waals surface area contributed by atoms with Gasteiger partial charge in [-0.25, -0.2) is 0 Å². The molecule has 0 bridgehead atoms. The van der Waals surface area contributed by atoms with E-state index in [4.69, 9.17) is 14.2 Å². The van der Waals surface area contributed by atoms with Gasteiger partial charge in [0.15, 0.2) is 0 Å². The van der Waals surface area contributed by atoms with Crippen molar-refractivity contribution in [1.29, 1.82) is 0 Å². The van der Waals surface area contributed by atoms with Crippen LogP contribution in [-0.2, 0) is 14.2 Å². The van der Waals surface area contributed by atoms with E-state index >= 15 is 0 Å². The standard InChI is InChI=1S/C11H23BrO3/c1-3-4-11(9-12)10-15-8-7-14-6-5-13-2/h11H,3-10H2,1-2H3.